The molecule has 3 aromatic rings. The van der Waals surface area contributed by atoms with E-state index in [9.17, 15) is 4.79 Å². The van der Waals surface area contributed by atoms with Gasteiger partial charge in [0.05, 0.1) is 30.0 Å². The predicted molar refractivity (Wildman–Crippen MR) is 86.8 cm³/mol. The van der Waals surface area contributed by atoms with Crippen molar-refractivity contribution in [3.63, 3.8) is 0 Å². The highest BCUT2D eigenvalue weighted by Crippen LogP contribution is 2.41. The summed E-state index contributed by atoms with van der Waals surface area (Å²) in [5, 5.41) is 0.888. The molecule has 1 aromatic heterocycles. The molecular formula is C17H15NO3S. The molecule has 0 amide bonds. The number of rotatable bonds is 4. The minimum Gasteiger partial charge on any atom is -0.496 e. The van der Waals surface area contributed by atoms with Crippen LogP contribution < -0.4 is 4.74 Å². The number of hydrogen-bond donors (Lipinski definition) is 1. The van der Waals surface area contributed by atoms with Crippen molar-refractivity contribution in [1.29, 1.82) is 0 Å². The van der Waals surface area contributed by atoms with Crippen LogP contribution in [0.15, 0.2) is 58.3 Å². The second-order valence-electron chi connectivity index (χ2n) is 4.62. The van der Waals surface area contributed by atoms with Crippen molar-refractivity contribution in [3.8, 4) is 5.75 Å². The van der Waals surface area contributed by atoms with Crippen LogP contribution in [-0.2, 0) is 4.74 Å². The van der Waals surface area contributed by atoms with Crippen LogP contribution in [0.2, 0.25) is 0 Å². The molecule has 22 heavy (non-hydrogen) atoms. The fourth-order valence-corrected chi connectivity index (χ4v) is 3.39. The predicted octanol–water partition coefficient (Wildman–Crippen LogP) is 4.11. The quantitative estimate of drug-likeness (QED) is 0.736. The van der Waals surface area contributed by atoms with Gasteiger partial charge in [-0.2, -0.15) is 0 Å². The third-order valence-electron chi connectivity index (χ3n) is 3.31. The van der Waals surface area contributed by atoms with Gasteiger partial charge in [-0.1, -0.05) is 36.0 Å². The number of fused-ring (bicyclic) bond motifs is 1. The summed E-state index contributed by atoms with van der Waals surface area (Å²) in [7, 11) is 3.00. The Morgan fingerprint density at radius 2 is 1.82 bits per heavy atom. The zero-order valence-corrected chi connectivity index (χ0v) is 13.1. The summed E-state index contributed by atoms with van der Waals surface area (Å²) >= 11 is 1.51. The largest absolute Gasteiger partial charge is 0.496 e. The number of ether oxygens (including phenoxy) is 2. The second kappa shape index (κ2) is 6.15. The molecule has 0 unspecified atom stereocenters. The Kier molecular flexibility index (Phi) is 4.06. The summed E-state index contributed by atoms with van der Waals surface area (Å²) in [6.07, 6.45) is 0. The highest BCUT2D eigenvalue weighted by molar-refractivity contribution is 7.99. The standard InChI is InChI=1S/C17H15NO3S/c1-20-13-10-6-9-12-14(13)16(15(18-12)17(19)21-2)22-11-7-4-3-5-8-11/h3-10,18H,1-2H3. The van der Waals surface area contributed by atoms with Crippen molar-refractivity contribution in [2.24, 2.45) is 0 Å². The molecule has 4 nitrogen and oxygen atoms in total. The van der Waals surface area contributed by atoms with Crippen LogP contribution in [0, 0.1) is 0 Å². The van der Waals surface area contributed by atoms with Gasteiger partial charge in [-0.05, 0) is 24.3 Å². The van der Waals surface area contributed by atoms with Crippen LogP contribution >= 0.6 is 11.8 Å². The highest BCUT2D eigenvalue weighted by atomic mass is 32.2. The van der Waals surface area contributed by atoms with E-state index in [4.69, 9.17) is 9.47 Å². The van der Waals surface area contributed by atoms with Gasteiger partial charge < -0.3 is 14.5 Å². The molecule has 0 aliphatic rings. The van der Waals surface area contributed by atoms with E-state index in [-0.39, 0.29) is 0 Å². The zero-order chi connectivity index (χ0) is 15.5. The third kappa shape index (κ3) is 2.55. The molecule has 3 rings (SSSR count). The first kappa shape index (κ1) is 14.5. The molecule has 5 heteroatoms. The van der Waals surface area contributed by atoms with Gasteiger partial charge in [0.2, 0.25) is 0 Å². The lowest BCUT2D eigenvalue weighted by atomic mass is 10.2. The van der Waals surface area contributed by atoms with Gasteiger partial charge in [-0.3, -0.25) is 0 Å². The Labute approximate surface area is 132 Å². The van der Waals surface area contributed by atoms with Crippen molar-refractivity contribution in [1.82, 2.24) is 4.98 Å². The number of H-pyrrole nitrogens is 1. The van der Waals surface area contributed by atoms with Crippen molar-refractivity contribution in [2.75, 3.05) is 14.2 Å². The maximum atomic E-state index is 12.1. The molecule has 0 aliphatic heterocycles. The molecule has 0 atom stereocenters. The van der Waals surface area contributed by atoms with E-state index < -0.39 is 5.97 Å². The lowest BCUT2D eigenvalue weighted by molar-refractivity contribution is 0.0591. The van der Waals surface area contributed by atoms with E-state index in [0.717, 1.165) is 26.4 Å². The number of hydrogen-bond acceptors (Lipinski definition) is 4. The topological polar surface area (TPSA) is 51.3 Å². The average molecular weight is 313 g/mol. The van der Waals surface area contributed by atoms with E-state index in [1.807, 2.05) is 48.5 Å². The van der Waals surface area contributed by atoms with Crippen LogP contribution in [0.3, 0.4) is 0 Å². The van der Waals surface area contributed by atoms with Gasteiger partial charge in [0, 0.05) is 4.90 Å². The number of nitrogens with one attached hydrogen (secondary N) is 1. The number of carbonyl (C=O) groups is 1. The molecule has 112 valence electrons. The Hall–Kier alpha value is -2.40. The average Bonchev–Trinajstić information content (AvgIpc) is 2.94. The first-order valence-corrected chi connectivity index (χ1v) is 7.56. The summed E-state index contributed by atoms with van der Waals surface area (Å²) < 4.78 is 10.3. The second-order valence-corrected chi connectivity index (χ2v) is 5.70. The molecule has 0 bridgehead atoms. The van der Waals surface area contributed by atoms with E-state index >= 15 is 0 Å². The van der Waals surface area contributed by atoms with Gasteiger partial charge in [-0.15, -0.1) is 0 Å². The fraction of sp³-hybridized carbons (Fsp3) is 0.118. The van der Waals surface area contributed by atoms with Crippen molar-refractivity contribution in [2.45, 2.75) is 9.79 Å². The monoisotopic (exact) mass is 313 g/mol. The zero-order valence-electron chi connectivity index (χ0n) is 12.3. The van der Waals surface area contributed by atoms with Crippen LogP contribution in [0.1, 0.15) is 10.5 Å². The SMILES string of the molecule is COC(=O)c1[nH]c2cccc(OC)c2c1Sc1ccccc1. The smallest absolute Gasteiger partial charge is 0.355 e. The number of aromatic nitrogens is 1. The summed E-state index contributed by atoms with van der Waals surface area (Å²) in [6, 6.07) is 15.6. The normalized spacial score (nSPS) is 10.6. The molecule has 0 spiro atoms. The van der Waals surface area contributed by atoms with Gasteiger partial charge in [0.15, 0.2) is 0 Å². The lowest BCUT2D eigenvalue weighted by Gasteiger charge is -2.06. The Morgan fingerprint density at radius 3 is 2.50 bits per heavy atom. The summed E-state index contributed by atoms with van der Waals surface area (Å²) in [6.45, 7) is 0. The number of carbonyl (C=O) groups excluding carboxylic acids is 1. The van der Waals surface area contributed by atoms with Gasteiger partial charge >= 0.3 is 5.97 Å². The minimum absolute atomic E-state index is 0.392. The first-order chi connectivity index (χ1) is 10.7. The van der Waals surface area contributed by atoms with Crippen molar-refractivity contribution >= 4 is 28.6 Å². The molecule has 0 aliphatic carbocycles. The van der Waals surface area contributed by atoms with Crippen LogP contribution in [0.4, 0.5) is 0 Å². The van der Waals surface area contributed by atoms with E-state index in [2.05, 4.69) is 4.98 Å². The number of aromatic amines is 1. The fourth-order valence-electron chi connectivity index (χ4n) is 2.31. The maximum Gasteiger partial charge on any atom is 0.355 e. The van der Waals surface area contributed by atoms with Crippen LogP contribution in [-0.4, -0.2) is 25.2 Å². The molecule has 1 N–H and O–H groups in total. The van der Waals surface area contributed by atoms with E-state index in [0.29, 0.717) is 5.69 Å². The summed E-state index contributed by atoms with van der Waals surface area (Å²) in [5.41, 5.74) is 1.29. The molecule has 1 heterocycles. The number of esters is 1. The van der Waals surface area contributed by atoms with Crippen molar-refractivity contribution in [3.05, 3.63) is 54.2 Å². The van der Waals surface area contributed by atoms with Gasteiger partial charge in [0.25, 0.3) is 0 Å². The molecule has 0 radical (unpaired) electrons. The Morgan fingerprint density at radius 1 is 1.05 bits per heavy atom. The summed E-state index contributed by atoms with van der Waals surface area (Å²) in [4.78, 5) is 17.1. The maximum absolute atomic E-state index is 12.1. The molecule has 0 saturated carbocycles. The summed E-state index contributed by atoms with van der Waals surface area (Å²) in [5.74, 6) is 0.332. The Balaban J connectivity index is 2.21. The van der Waals surface area contributed by atoms with E-state index in [1.54, 1.807) is 7.11 Å². The van der Waals surface area contributed by atoms with Gasteiger partial charge in [0.1, 0.15) is 11.4 Å². The van der Waals surface area contributed by atoms with Gasteiger partial charge in [-0.25, -0.2) is 4.79 Å². The number of benzene rings is 2. The molecule has 0 saturated heterocycles. The van der Waals surface area contributed by atoms with E-state index in [1.165, 1.54) is 18.9 Å². The van der Waals surface area contributed by atoms with Crippen molar-refractivity contribution < 1.29 is 14.3 Å². The third-order valence-corrected chi connectivity index (χ3v) is 4.43. The minimum atomic E-state index is -0.392. The Bertz CT molecular complexity index is 811. The molecule has 0 fully saturated rings. The lowest BCUT2D eigenvalue weighted by Crippen LogP contribution is -2.02. The number of methoxy groups -OCH3 is 2. The molecular weight excluding hydrogens is 298 g/mol. The molecule has 2 aromatic carbocycles. The van der Waals surface area contributed by atoms with Crippen LogP contribution in [0.25, 0.3) is 10.9 Å². The first-order valence-electron chi connectivity index (χ1n) is 6.74. The van der Waals surface area contributed by atoms with Crippen LogP contribution in [0.5, 0.6) is 5.75 Å². The highest BCUT2D eigenvalue weighted by Gasteiger charge is 2.21.